The zero-order valence-electron chi connectivity index (χ0n) is 7.62. The Bertz CT molecular complexity index is 579. The number of hydrogen-bond donors (Lipinski definition) is 0. The van der Waals surface area contributed by atoms with Gasteiger partial charge in [0.05, 0.1) is 10.9 Å². The molecular weight excluding hydrogens is 243 g/mol. The van der Waals surface area contributed by atoms with E-state index in [4.69, 9.17) is 0 Å². The molecule has 0 aliphatic heterocycles. The molecule has 7 heteroatoms. The van der Waals surface area contributed by atoms with Gasteiger partial charge in [-0.3, -0.25) is 0 Å². The first-order chi connectivity index (χ1) is 7.46. The van der Waals surface area contributed by atoms with Crippen LogP contribution in [0.3, 0.4) is 0 Å². The fourth-order valence-corrected chi connectivity index (χ4v) is 1.60. The van der Waals surface area contributed by atoms with E-state index in [9.17, 15) is 18.0 Å². The molecule has 0 bridgehead atoms. The zero-order valence-corrected chi connectivity index (χ0v) is 8.43. The highest BCUT2D eigenvalue weighted by Crippen LogP contribution is 2.35. The van der Waals surface area contributed by atoms with Crippen LogP contribution in [-0.2, 0) is 0 Å². The van der Waals surface area contributed by atoms with Crippen LogP contribution < -0.4 is 5.63 Å². The molecule has 0 amide bonds. The first-order valence-electron chi connectivity index (χ1n) is 4.11. The van der Waals surface area contributed by atoms with Gasteiger partial charge in [0.1, 0.15) is 0 Å². The third kappa shape index (κ3) is 2.35. The minimum absolute atomic E-state index is 0.161. The highest BCUT2D eigenvalue weighted by atomic mass is 32.2. The number of para-hydroxylation sites is 1. The SMILES string of the molecule is O=c1oc(SC(F)(F)F)nc2ccccc12. The van der Waals surface area contributed by atoms with E-state index in [1.54, 1.807) is 12.1 Å². The molecule has 0 saturated carbocycles. The number of hydrogen-bond acceptors (Lipinski definition) is 4. The highest BCUT2D eigenvalue weighted by Gasteiger charge is 2.32. The van der Waals surface area contributed by atoms with E-state index in [2.05, 4.69) is 9.40 Å². The molecule has 0 N–H and O–H groups in total. The molecule has 3 nitrogen and oxygen atoms in total. The first kappa shape index (κ1) is 11.0. The van der Waals surface area contributed by atoms with Crippen LogP contribution in [0.25, 0.3) is 10.9 Å². The molecule has 1 aromatic heterocycles. The second-order valence-corrected chi connectivity index (χ2v) is 3.85. The Morgan fingerprint density at radius 2 is 1.94 bits per heavy atom. The predicted octanol–water partition coefficient (Wildman–Crippen LogP) is 2.80. The molecule has 84 valence electrons. The summed E-state index contributed by atoms with van der Waals surface area (Å²) in [5.41, 5.74) is -5.16. The fraction of sp³-hybridized carbons (Fsp3) is 0.111. The smallest absolute Gasteiger partial charge is 0.397 e. The van der Waals surface area contributed by atoms with Gasteiger partial charge in [0.15, 0.2) is 0 Å². The van der Waals surface area contributed by atoms with Crippen LogP contribution in [0.5, 0.6) is 0 Å². The van der Waals surface area contributed by atoms with Gasteiger partial charge in [0.2, 0.25) is 0 Å². The molecule has 0 unspecified atom stereocenters. The second-order valence-electron chi connectivity index (χ2n) is 2.83. The monoisotopic (exact) mass is 247 g/mol. The molecule has 16 heavy (non-hydrogen) atoms. The lowest BCUT2D eigenvalue weighted by molar-refractivity contribution is -0.0338. The number of rotatable bonds is 1. The number of benzene rings is 1. The molecule has 0 fully saturated rings. The van der Waals surface area contributed by atoms with Crippen molar-refractivity contribution in [3.63, 3.8) is 0 Å². The van der Waals surface area contributed by atoms with Crippen LogP contribution >= 0.6 is 11.8 Å². The van der Waals surface area contributed by atoms with Gasteiger partial charge in [0.25, 0.3) is 5.22 Å². The maximum absolute atomic E-state index is 12.0. The summed E-state index contributed by atoms with van der Waals surface area (Å²) < 4.78 is 40.5. The lowest BCUT2D eigenvalue weighted by Crippen LogP contribution is -2.06. The van der Waals surface area contributed by atoms with E-state index in [1.165, 1.54) is 12.1 Å². The summed E-state index contributed by atoms with van der Waals surface area (Å²) in [6, 6.07) is 6.05. The van der Waals surface area contributed by atoms with E-state index < -0.39 is 28.1 Å². The van der Waals surface area contributed by atoms with Crippen molar-refractivity contribution in [3.05, 3.63) is 34.7 Å². The Morgan fingerprint density at radius 3 is 2.62 bits per heavy atom. The number of aromatic nitrogens is 1. The van der Waals surface area contributed by atoms with Crippen molar-refractivity contribution in [3.8, 4) is 0 Å². The van der Waals surface area contributed by atoms with Crippen LogP contribution in [0.1, 0.15) is 0 Å². The highest BCUT2D eigenvalue weighted by molar-refractivity contribution is 7.99. The van der Waals surface area contributed by atoms with Crippen molar-refractivity contribution >= 4 is 22.7 Å². The molecule has 0 aliphatic rings. The second kappa shape index (κ2) is 3.82. The molecule has 0 saturated heterocycles. The number of nitrogens with zero attached hydrogens (tertiary/aromatic N) is 1. The molecule has 0 spiro atoms. The van der Waals surface area contributed by atoms with E-state index in [-0.39, 0.29) is 10.9 Å². The van der Waals surface area contributed by atoms with Gasteiger partial charge in [-0.25, -0.2) is 9.78 Å². The molecule has 1 heterocycles. The molecular formula is C9H4F3NO2S. The number of fused-ring (bicyclic) bond motifs is 1. The lowest BCUT2D eigenvalue weighted by Gasteiger charge is -2.03. The zero-order chi connectivity index (χ0) is 11.8. The molecule has 0 radical (unpaired) electrons. The minimum Gasteiger partial charge on any atom is -0.397 e. The van der Waals surface area contributed by atoms with Crippen molar-refractivity contribution in [2.75, 3.05) is 0 Å². The topological polar surface area (TPSA) is 43.1 Å². The van der Waals surface area contributed by atoms with Gasteiger partial charge >= 0.3 is 11.1 Å². The summed E-state index contributed by atoms with van der Waals surface area (Å²) in [7, 11) is 0. The fourth-order valence-electron chi connectivity index (χ4n) is 1.14. The summed E-state index contributed by atoms with van der Waals surface area (Å²) in [4.78, 5) is 14.9. The number of thioether (sulfide) groups is 1. The standard InChI is InChI=1S/C9H4F3NO2S/c10-9(11,12)16-8-13-6-4-2-1-3-5(6)7(14)15-8/h1-4H. The third-order valence-corrected chi connectivity index (χ3v) is 2.30. The predicted molar refractivity (Wildman–Crippen MR) is 52.2 cm³/mol. The van der Waals surface area contributed by atoms with Crippen LogP contribution in [0.4, 0.5) is 13.2 Å². The van der Waals surface area contributed by atoms with Crippen molar-refractivity contribution < 1.29 is 17.6 Å². The van der Waals surface area contributed by atoms with E-state index in [0.717, 1.165) is 0 Å². The quantitative estimate of drug-likeness (QED) is 0.727. The van der Waals surface area contributed by atoms with Crippen LogP contribution in [0.15, 0.2) is 38.7 Å². The normalized spacial score (nSPS) is 11.9. The summed E-state index contributed by atoms with van der Waals surface area (Å²) in [6.45, 7) is 0. The van der Waals surface area contributed by atoms with Gasteiger partial charge in [0, 0.05) is 11.8 Å². The van der Waals surface area contributed by atoms with Gasteiger partial charge < -0.3 is 4.42 Å². The minimum atomic E-state index is -4.52. The first-order valence-corrected chi connectivity index (χ1v) is 4.93. The maximum atomic E-state index is 12.0. The average Bonchev–Trinajstić information content (AvgIpc) is 2.15. The van der Waals surface area contributed by atoms with Crippen molar-refractivity contribution in [2.45, 2.75) is 10.7 Å². The third-order valence-electron chi connectivity index (χ3n) is 1.72. The summed E-state index contributed by atoms with van der Waals surface area (Å²) in [5, 5.41) is -0.537. The van der Waals surface area contributed by atoms with Crippen molar-refractivity contribution in [2.24, 2.45) is 0 Å². The largest absolute Gasteiger partial charge is 0.450 e. The lowest BCUT2D eigenvalue weighted by atomic mass is 10.2. The van der Waals surface area contributed by atoms with Crippen molar-refractivity contribution in [1.82, 2.24) is 4.98 Å². The molecule has 2 rings (SSSR count). The van der Waals surface area contributed by atoms with E-state index in [0.29, 0.717) is 0 Å². The molecule has 1 aromatic carbocycles. The summed E-state index contributed by atoms with van der Waals surface area (Å²) in [6.07, 6.45) is 0. The van der Waals surface area contributed by atoms with Crippen molar-refractivity contribution in [1.29, 1.82) is 0 Å². The van der Waals surface area contributed by atoms with Crippen LogP contribution in [0.2, 0.25) is 0 Å². The van der Waals surface area contributed by atoms with Gasteiger partial charge in [-0.1, -0.05) is 12.1 Å². The van der Waals surface area contributed by atoms with Gasteiger partial charge in [-0.05, 0) is 12.1 Å². The Balaban J connectivity index is 2.54. The summed E-state index contributed by atoms with van der Waals surface area (Å²) >= 11 is -0.548. The number of halogens is 3. The number of alkyl halides is 3. The Labute approximate surface area is 91.3 Å². The van der Waals surface area contributed by atoms with Gasteiger partial charge in [-0.2, -0.15) is 13.2 Å². The molecule has 0 atom stereocenters. The Kier molecular flexibility index (Phi) is 2.63. The maximum Gasteiger partial charge on any atom is 0.450 e. The van der Waals surface area contributed by atoms with E-state index >= 15 is 0 Å². The molecule has 2 aromatic rings. The Hall–Kier alpha value is -1.50. The Morgan fingerprint density at radius 1 is 1.25 bits per heavy atom. The van der Waals surface area contributed by atoms with Crippen LogP contribution in [-0.4, -0.2) is 10.5 Å². The van der Waals surface area contributed by atoms with Gasteiger partial charge in [-0.15, -0.1) is 0 Å². The average molecular weight is 247 g/mol. The van der Waals surface area contributed by atoms with E-state index in [1.807, 2.05) is 0 Å². The summed E-state index contributed by atoms with van der Waals surface area (Å²) in [5.74, 6) is 0. The molecule has 0 aliphatic carbocycles. The van der Waals surface area contributed by atoms with Crippen LogP contribution in [0, 0.1) is 0 Å².